The Hall–Kier alpha value is -0.650. The van der Waals surface area contributed by atoms with Crippen LogP contribution in [0.1, 0.15) is 26.7 Å². The van der Waals surface area contributed by atoms with Crippen molar-refractivity contribution in [3.05, 3.63) is 0 Å². The highest BCUT2D eigenvalue weighted by Gasteiger charge is 2.12. The van der Waals surface area contributed by atoms with Gasteiger partial charge >= 0.3 is 0 Å². The maximum atomic E-state index is 11.6. The van der Waals surface area contributed by atoms with Crippen LogP contribution in [-0.2, 0) is 14.3 Å². The average Bonchev–Trinajstić information content (AvgIpc) is 2.28. The first kappa shape index (κ1) is 15.3. The lowest BCUT2D eigenvalue weighted by atomic mass is 10.5. The van der Waals surface area contributed by atoms with E-state index in [1.807, 2.05) is 13.8 Å². The molecule has 1 amide bonds. The Kier molecular flexibility index (Phi) is 10.4. The first-order valence-corrected chi connectivity index (χ1v) is 5.80. The summed E-state index contributed by atoms with van der Waals surface area (Å²) in [5.41, 5.74) is 0. The third-order valence-corrected chi connectivity index (χ3v) is 1.89. The van der Waals surface area contributed by atoms with Crippen LogP contribution in [0.2, 0.25) is 0 Å². The average molecular weight is 233 g/mol. The summed E-state index contributed by atoms with van der Waals surface area (Å²) in [7, 11) is 0. The van der Waals surface area contributed by atoms with E-state index in [-0.39, 0.29) is 32.4 Å². The fourth-order valence-corrected chi connectivity index (χ4v) is 1.10. The molecule has 16 heavy (non-hydrogen) atoms. The summed E-state index contributed by atoms with van der Waals surface area (Å²) >= 11 is 0. The van der Waals surface area contributed by atoms with Crippen molar-refractivity contribution < 1.29 is 19.4 Å². The van der Waals surface area contributed by atoms with E-state index in [9.17, 15) is 4.79 Å². The second-order valence-electron chi connectivity index (χ2n) is 3.47. The highest BCUT2D eigenvalue weighted by atomic mass is 16.5. The quantitative estimate of drug-likeness (QED) is 0.444. The van der Waals surface area contributed by atoms with Crippen LogP contribution in [0.3, 0.4) is 0 Å². The van der Waals surface area contributed by atoms with Crippen LogP contribution in [-0.4, -0.2) is 55.6 Å². The van der Waals surface area contributed by atoms with Crippen LogP contribution in [0.4, 0.5) is 0 Å². The molecular formula is C11H23NO4. The summed E-state index contributed by atoms with van der Waals surface area (Å²) in [5.74, 6) is -0.140. The number of carbonyl (C=O) groups excluding carboxylic acids is 1. The van der Waals surface area contributed by atoms with Crippen molar-refractivity contribution in [3.63, 3.8) is 0 Å². The molecule has 0 aromatic heterocycles. The van der Waals surface area contributed by atoms with Gasteiger partial charge in [0.05, 0.1) is 6.61 Å². The molecule has 0 fully saturated rings. The molecule has 0 aliphatic heterocycles. The molecule has 0 aliphatic carbocycles. The van der Waals surface area contributed by atoms with Crippen molar-refractivity contribution in [2.75, 3.05) is 39.7 Å². The van der Waals surface area contributed by atoms with Gasteiger partial charge in [-0.25, -0.2) is 0 Å². The van der Waals surface area contributed by atoms with Gasteiger partial charge in [-0.15, -0.1) is 0 Å². The van der Waals surface area contributed by atoms with E-state index in [2.05, 4.69) is 0 Å². The Balaban J connectivity index is 3.82. The van der Waals surface area contributed by atoms with Crippen molar-refractivity contribution in [1.82, 2.24) is 4.90 Å². The Bertz CT molecular complexity index is 175. The van der Waals surface area contributed by atoms with Crippen LogP contribution >= 0.6 is 0 Å². The van der Waals surface area contributed by atoms with Gasteiger partial charge in [0.25, 0.3) is 0 Å². The summed E-state index contributed by atoms with van der Waals surface area (Å²) < 4.78 is 10.4. The highest BCUT2D eigenvalue weighted by molar-refractivity contribution is 5.77. The molecule has 0 aromatic carbocycles. The molecular weight excluding hydrogens is 210 g/mol. The first-order chi connectivity index (χ1) is 7.76. The van der Waals surface area contributed by atoms with Gasteiger partial charge in [-0.3, -0.25) is 4.79 Å². The van der Waals surface area contributed by atoms with E-state index in [1.54, 1.807) is 0 Å². The van der Waals surface area contributed by atoms with Gasteiger partial charge in [-0.2, -0.15) is 0 Å². The summed E-state index contributed by atoms with van der Waals surface area (Å²) in [6.07, 6.45) is 1.80. The van der Waals surface area contributed by atoms with Crippen molar-refractivity contribution in [1.29, 1.82) is 0 Å². The zero-order chi connectivity index (χ0) is 12.2. The van der Waals surface area contributed by atoms with Gasteiger partial charge in [0.1, 0.15) is 13.3 Å². The zero-order valence-electron chi connectivity index (χ0n) is 10.3. The van der Waals surface area contributed by atoms with E-state index in [1.165, 1.54) is 4.90 Å². The first-order valence-electron chi connectivity index (χ1n) is 5.80. The van der Waals surface area contributed by atoms with Crippen molar-refractivity contribution in [2.24, 2.45) is 0 Å². The van der Waals surface area contributed by atoms with Crippen molar-refractivity contribution >= 4 is 5.91 Å². The van der Waals surface area contributed by atoms with Gasteiger partial charge in [0.2, 0.25) is 5.91 Å². The number of aliphatic hydroxyl groups is 1. The topological polar surface area (TPSA) is 59.0 Å². The van der Waals surface area contributed by atoms with Gasteiger partial charge in [-0.1, -0.05) is 13.8 Å². The maximum absolute atomic E-state index is 11.6. The number of rotatable bonds is 10. The van der Waals surface area contributed by atoms with Gasteiger partial charge < -0.3 is 19.5 Å². The molecule has 0 aliphatic rings. The van der Waals surface area contributed by atoms with E-state index in [0.29, 0.717) is 13.2 Å². The minimum atomic E-state index is -0.140. The van der Waals surface area contributed by atoms with Gasteiger partial charge in [0, 0.05) is 19.8 Å². The monoisotopic (exact) mass is 233 g/mol. The van der Waals surface area contributed by atoms with E-state index in [0.717, 1.165) is 12.8 Å². The van der Waals surface area contributed by atoms with Crippen LogP contribution in [0.25, 0.3) is 0 Å². The summed E-state index contributed by atoms with van der Waals surface area (Å²) in [6, 6.07) is 0. The number of carbonyl (C=O) groups is 1. The van der Waals surface area contributed by atoms with E-state index in [4.69, 9.17) is 14.6 Å². The van der Waals surface area contributed by atoms with Crippen molar-refractivity contribution in [3.8, 4) is 0 Å². The lowest BCUT2D eigenvalue weighted by Crippen LogP contribution is -2.38. The van der Waals surface area contributed by atoms with Crippen LogP contribution in [0.5, 0.6) is 0 Å². The summed E-state index contributed by atoms with van der Waals surface area (Å²) in [4.78, 5) is 13.1. The van der Waals surface area contributed by atoms with Crippen molar-refractivity contribution in [2.45, 2.75) is 26.7 Å². The molecule has 0 rings (SSSR count). The number of aliphatic hydroxyl groups excluding tert-OH is 1. The van der Waals surface area contributed by atoms with Crippen LogP contribution in [0.15, 0.2) is 0 Å². The minimum absolute atomic E-state index is 0.0589. The second-order valence-corrected chi connectivity index (χ2v) is 3.47. The molecule has 0 saturated carbocycles. The fourth-order valence-electron chi connectivity index (χ4n) is 1.10. The Morgan fingerprint density at radius 2 is 1.81 bits per heavy atom. The molecule has 5 heteroatoms. The van der Waals surface area contributed by atoms with E-state index < -0.39 is 0 Å². The van der Waals surface area contributed by atoms with Gasteiger partial charge in [-0.05, 0) is 12.8 Å². The minimum Gasteiger partial charge on any atom is -0.395 e. The largest absolute Gasteiger partial charge is 0.395 e. The third-order valence-electron chi connectivity index (χ3n) is 1.89. The number of hydrogen-bond acceptors (Lipinski definition) is 4. The SMILES string of the molecule is CCCOCC(=O)N(CCO)COCCC. The molecule has 96 valence electrons. The molecule has 0 atom stereocenters. The second kappa shape index (κ2) is 10.9. The Morgan fingerprint density at radius 3 is 2.38 bits per heavy atom. The smallest absolute Gasteiger partial charge is 0.250 e. The number of amides is 1. The highest BCUT2D eigenvalue weighted by Crippen LogP contribution is 1.94. The fraction of sp³-hybridized carbons (Fsp3) is 0.909. The third kappa shape index (κ3) is 7.62. The molecule has 0 aromatic rings. The number of hydrogen-bond donors (Lipinski definition) is 1. The lowest BCUT2D eigenvalue weighted by Gasteiger charge is -2.21. The number of nitrogens with zero attached hydrogens (tertiary/aromatic N) is 1. The molecule has 0 spiro atoms. The van der Waals surface area contributed by atoms with Gasteiger partial charge in [0.15, 0.2) is 0 Å². The predicted molar refractivity (Wildman–Crippen MR) is 61.0 cm³/mol. The standard InChI is InChI=1S/C11H23NO4/c1-3-7-15-9-11(14)12(5-6-13)10-16-8-4-2/h13H,3-10H2,1-2H3. The van der Waals surface area contributed by atoms with Crippen LogP contribution in [0, 0.1) is 0 Å². The van der Waals surface area contributed by atoms with Crippen LogP contribution < -0.4 is 0 Å². The molecule has 0 radical (unpaired) electrons. The lowest BCUT2D eigenvalue weighted by molar-refractivity contribution is -0.142. The Morgan fingerprint density at radius 1 is 1.19 bits per heavy atom. The predicted octanol–water partition coefficient (Wildman–Crippen LogP) is 0.618. The number of ether oxygens (including phenoxy) is 2. The maximum Gasteiger partial charge on any atom is 0.250 e. The summed E-state index contributed by atoms with van der Waals surface area (Å²) in [6.45, 7) is 5.70. The molecule has 1 N–H and O–H groups in total. The molecule has 0 heterocycles. The van der Waals surface area contributed by atoms with E-state index >= 15 is 0 Å². The normalized spacial score (nSPS) is 10.4. The molecule has 0 saturated heterocycles. The molecule has 5 nitrogen and oxygen atoms in total. The summed E-state index contributed by atoms with van der Waals surface area (Å²) in [5, 5.41) is 8.82. The molecule has 0 unspecified atom stereocenters. The zero-order valence-corrected chi connectivity index (χ0v) is 10.3. The molecule has 0 bridgehead atoms. The Labute approximate surface area is 97.3 Å².